The van der Waals surface area contributed by atoms with Crippen molar-refractivity contribution in [1.29, 1.82) is 0 Å². The van der Waals surface area contributed by atoms with E-state index in [2.05, 4.69) is 29.5 Å². The first kappa shape index (κ1) is 15.9. The zero-order chi connectivity index (χ0) is 15.2. The van der Waals surface area contributed by atoms with E-state index in [1.807, 2.05) is 25.1 Å². The van der Waals surface area contributed by atoms with Crippen molar-refractivity contribution in [3.63, 3.8) is 0 Å². The number of thioether (sulfide) groups is 1. The molecule has 0 aliphatic rings. The maximum Gasteiger partial charge on any atom is 0.319 e. The molecule has 21 heavy (non-hydrogen) atoms. The number of carbonyl (C=O) groups is 1. The normalized spacial score (nSPS) is 12.5. The van der Waals surface area contributed by atoms with Crippen LogP contribution in [0.2, 0.25) is 0 Å². The Morgan fingerprint density at radius 3 is 2.86 bits per heavy atom. The van der Waals surface area contributed by atoms with Crippen LogP contribution in [0.4, 0.5) is 0 Å². The first-order valence-electron chi connectivity index (χ1n) is 7.45. The number of nitrogens with zero attached hydrogens (tertiary/aromatic N) is 2. The molecule has 1 aromatic heterocycles. The molecule has 2 rings (SSSR count). The molecule has 2 aromatic rings. The van der Waals surface area contributed by atoms with Gasteiger partial charge in [0.25, 0.3) is 0 Å². The molecular formula is C16H22N2O2S. The minimum Gasteiger partial charge on any atom is -0.465 e. The maximum absolute atomic E-state index is 12.0. The number of unbranched alkanes of at least 4 members (excludes halogenated alkanes) is 1. The summed E-state index contributed by atoms with van der Waals surface area (Å²) < 4.78 is 7.40. The molecule has 0 N–H and O–H groups in total. The van der Waals surface area contributed by atoms with Gasteiger partial charge in [-0.2, -0.15) is 0 Å². The Kier molecular flexibility index (Phi) is 5.67. The van der Waals surface area contributed by atoms with Gasteiger partial charge < -0.3 is 9.30 Å². The Labute approximate surface area is 129 Å². The lowest BCUT2D eigenvalue weighted by molar-refractivity contribution is -0.142. The highest BCUT2D eigenvalue weighted by molar-refractivity contribution is 8.00. The number of esters is 1. The molecule has 0 aliphatic carbocycles. The average Bonchev–Trinajstić information content (AvgIpc) is 2.84. The number of rotatable bonds is 7. The van der Waals surface area contributed by atoms with Gasteiger partial charge in [0.15, 0.2) is 5.16 Å². The Morgan fingerprint density at radius 1 is 1.38 bits per heavy atom. The van der Waals surface area contributed by atoms with Crippen molar-refractivity contribution in [2.45, 2.75) is 50.6 Å². The number of carbonyl (C=O) groups excluding carboxylic acids is 1. The third-order valence-electron chi connectivity index (χ3n) is 3.29. The van der Waals surface area contributed by atoms with E-state index in [9.17, 15) is 4.79 Å². The molecule has 1 atom stereocenters. The van der Waals surface area contributed by atoms with Crippen molar-refractivity contribution < 1.29 is 9.53 Å². The molecule has 0 amide bonds. The summed E-state index contributed by atoms with van der Waals surface area (Å²) >= 11 is 1.46. The third kappa shape index (κ3) is 3.79. The highest BCUT2D eigenvalue weighted by Crippen LogP contribution is 2.27. The smallest absolute Gasteiger partial charge is 0.319 e. The summed E-state index contributed by atoms with van der Waals surface area (Å²) in [5, 5.41) is 0.627. The van der Waals surface area contributed by atoms with E-state index in [0.717, 1.165) is 35.6 Å². The summed E-state index contributed by atoms with van der Waals surface area (Å²) in [7, 11) is 0. The van der Waals surface area contributed by atoms with Gasteiger partial charge in [-0.05, 0) is 32.4 Å². The molecule has 0 radical (unpaired) electrons. The zero-order valence-corrected chi connectivity index (χ0v) is 13.7. The van der Waals surface area contributed by atoms with Crippen LogP contribution in [0, 0.1) is 0 Å². The van der Waals surface area contributed by atoms with Crippen LogP contribution in [0.5, 0.6) is 0 Å². The fourth-order valence-corrected chi connectivity index (χ4v) is 3.08. The standard InChI is InChI=1S/C16H22N2O2S/c1-4-6-11-20-15(19)12(3)21-16-17-13-9-7-8-10-14(13)18(16)5-2/h7-10,12H,4-6,11H2,1-3H3. The number of hydrogen-bond acceptors (Lipinski definition) is 4. The Hall–Kier alpha value is -1.49. The molecule has 0 bridgehead atoms. The van der Waals surface area contributed by atoms with Gasteiger partial charge in [0.05, 0.1) is 17.6 Å². The quantitative estimate of drug-likeness (QED) is 0.442. The van der Waals surface area contributed by atoms with E-state index in [1.54, 1.807) is 0 Å². The predicted octanol–water partition coefficient (Wildman–Crippen LogP) is 3.88. The summed E-state index contributed by atoms with van der Waals surface area (Å²) in [5.41, 5.74) is 2.07. The lowest BCUT2D eigenvalue weighted by atomic mass is 10.3. The second kappa shape index (κ2) is 7.50. The first-order valence-corrected chi connectivity index (χ1v) is 8.33. The van der Waals surface area contributed by atoms with Gasteiger partial charge in [0, 0.05) is 6.54 Å². The van der Waals surface area contributed by atoms with Gasteiger partial charge in [-0.15, -0.1) is 0 Å². The second-order valence-electron chi connectivity index (χ2n) is 4.91. The Morgan fingerprint density at radius 2 is 2.14 bits per heavy atom. The molecule has 1 aromatic carbocycles. The summed E-state index contributed by atoms with van der Waals surface area (Å²) in [6.45, 7) is 7.38. The van der Waals surface area contributed by atoms with Crippen molar-refractivity contribution in [3.8, 4) is 0 Å². The molecule has 5 heteroatoms. The van der Waals surface area contributed by atoms with Crippen molar-refractivity contribution >= 4 is 28.8 Å². The highest BCUT2D eigenvalue weighted by atomic mass is 32.2. The summed E-state index contributed by atoms with van der Waals surface area (Å²) in [5.74, 6) is -0.164. The van der Waals surface area contributed by atoms with Crippen LogP contribution < -0.4 is 0 Å². The lowest BCUT2D eigenvalue weighted by Gasteiger charge is -2.11. The van der Waals surface area contributed by atoms with Crippen LogP contribution in [0.3, 0.4) is 0 Å². The van der Waals surface area contributed by atoms with Gasteiger partial charge in [-0.1, -0.05) is 37.2 Å². The van der Waals surface area contributed by atoms with Crippen molar-refractivity contribution in [2.75, 3.05) is 6.61 Å². The molecule has 4 nitrogen and oxygen atoms in total. The fraction of sp³-hybridized carbons (Fsp3) is 0.500. The second-order valence-corrected chi connectivity index (χ2v) is 6.22. The van der Waals surface area contributed by atoms with E-state index >= 15 is 0 Å². The van der Waals surface area contributed by atoms with Crippen LogP contribution in [-0.4, -0.2) is 27.4 Å². The molecule has 0 spiro atoms. The monoisotopic (exact) mass is 306 g/mol. The van der Waals surface area contributed by atoms with Gasteiger partial charge in [-0.25, -0.2) is 4.98 Å². The van der Waals surface area contributed by atoms with Crippen LogP contribution in [-0.2, 0) is 16.1 Å². The Bertz CT molecular complexity index is 609. The molecule has 0 fully saturated rings. The number of para-hydroxylation sites is 2. The highest BCUT2D eigenvalue weighted by Gasteiger charge is 2.19. The number of aryl methyl sites for hydroxylation is 1. The third-order valence-corrected chi connectivity index (χ3v) is 4.36. The summed E-state index contributed by atoms with van der Waals surface area (Å²) in [4.78, 5) is 16.6. The van der Waals surface area contributed by atoms with Gasteiger partial charge >= 0.3 is 5.97 Å². The van der Waals surface area contributed by atoms with Crippen LogP contribution in [0.25, 0.3) is 11.0 Å². The van der Waals surface area contributed by atoms with Crippen LogP contribution in [0.1, 0.15) is 33.6 Å². The molecule has 0 saturated heterocycles. The summed E-state index contributed by atoms with van der Waals surface area (Å²) in [6, 6.07) is 8.04. The van der Waals surface area contributed by atoms with Gasteiger partial charge in [-0.3, -0.25) is 4.79 Å². The van der Waals surface area contributed by atoms with Crippen molar-refractivity contribution in [1.82, 2.24) is 9.55 Å². The number of imidazole rings is 1. The molecular weight excluding hydrogens is 284 g/mol. The van der Waals surface area contributed by atoms with E-state index in [0.29, 0.717) is 6.61 Å². The zero-order valence-electron chi connectivity index (χ0n) is 12.8. The predicted molar refractivity (Wildman–Crippen MR) is 86.6 cm³/mol. The maximum atomic E-state index is 12.0. The molecule has 1 heterocycles. The van der Waals surface area contributed by atoms with E-state index in [4.69, 9.17) is 4.74 Å². The first-order chi connectivity index (χ1) is 10.2. The number of ether oxygens (including phenoxy) is 1. The van der Waals surface area contributed by atoms with Crippen molar-refractivity contribution in [2.24, 2.45) is 0 Å². The topological polar surface area (TPSA) is 44.1 Å². The van der Waals surface area contributed by atoms with Gasteiger partial charge in [0.1, 0.15) is 5.25 Å². The van der Waals surface area contributed by atoms with Crippen molar-refractivity contribution in [3.05, 3.63) is 24.3 Å². The summed E-state index contributed by atoms with van der Waals surface area (Å²) in [6.07, 6.45) is 1.94. The molecule has 1 unspecified atom stereocenters. The number of hydrogen-bond donors (Lipinski definition) is 0. The number of benzene rings is 1. The average molecular weight is 306 g/mol. The van der Waals surface area contributed by atoms with E-state index in [-0.39, 0.29) is 11.2 Å². The van der Waals surface area contributed by atoms with E-state index < -0.39 is 0 Å². The minimum atomic E-state index is -0.246. The van der Waals surface area contributed by atoms with E-state index in [1.165, 1.54) is 11.8 Å². The molecule has 0 saturated carbocycles. The largest absolute Gasteiger partial charge is 0.465 e. The minimum absolute atomic E-state index is 0.164. The van der Waals surface area contributed by atoms with Crippen LogP contribution >= 0.6 is 11.8 Å². The SMILES string of the molecule is CCCCOC(=O)C(C)Sc1nc2ccccc2n1CC. The lowest BCUT2D eigenvalue weighted by Crippen LogP contribution is -2.18. The molecule has 114 valence electrons. The van der Waals surface area contributed by atoms with Gasteiger partial charge in [0.2, 0.25) is 0 Å². The number of fused-ring (bicyclic) bond motifs is 1. The van der Waals surface area contributed by atoms with Crippen LogP contribution in [0.15, 0.2) is 29.4 Å². The Balaban J connectivity index is 2.10. The molecule has 0 aliphatic heterocycles. The fourth-order valence-electron chi connectivity index (χ4n) is 2.09. The number of aromatic nitrogens is 2.